The average molecular weight is 388 g/mol. The molecule has 0 aromatic rings. The summed E-state index contributed by atoms with van der Waals surface area (Å²) in [6, 6.07) is 0. The molecule has 152 valence electrons. The van der Waals surface area contributed by atoms with E-state index in [1.165, 1.54) is 13.8 Å². The molecule has 0 radical (unpaired) electrons. The van der Waals surface area contributed by atoms with Gasteiger partial charge >= 0.3 is 5.97 Å². The Morgan fingerprint density at radius 3 is 2.50 bits per heavy atom. The summed E-state index contributed by atoms with van der Waals surface area (Å²) in [6.07, 6.45) is 7.27. The predicted molar refractivity (Wildman–Crippen MR) is 106 cm³/mol. The van der Waals surface area contributed by atoms with Crippen molar-refractivity contribution < 1.29 is 23.2 Å². The Hall–Kier alpha value is -1.71. The number of carbonyl (C=O) groups excluding carboxylic acids is 3. The Morgan fingerprint density at radius 2 is 1.86 bits per heavy atom. The summed E-state index contributed by atoms with van der Waals surface area (Å²) in [6.45, 7) is 4.70. The molecule has 0 N–H and O–H groups in total. The monoisotopic (exact) mass is 387 g/mol. The number of allylic oxidation sites excluding steroid dienone is 4. The fourth-order valence-electron chi connectivity index (χ4n) is 7.20. The number of carbonyl (C=O) groups is 3. The van der Waals surface area contributed by atoms with Crippen molar-refractivity contribution in [2.24, 2.45) is 28.6 Å². The first-order valence-corrected chi connectivity index (χ1v) is 10.4. The second-order valence-corrected chi connectivity index (χ2v) is 9.78. The maximum atomic E-state index is 12.8. The zero-order chi connectivity index (χ0) is 23.0. The summed E-state index contributed by atoms with van der Waals surface area (Å²) in [5, 5.41) is 0. The van der Waals surface area contributed by atoms with Crippen LogP contribution in [0.3, 0.4) is 0 Å². The molecule has 6 atom stereocenters. The van der Waals surface area contributed by atoms with Gasteiger partial charge in [-0.2, -0.15) is 0 Å². The molecular weight excluding hydrogens is 352 g/mol. The molecule has 0 bridgehead atoms. The number of hydrogen-bond acceptors (Lipinski definition) is 4. The molecule has 0 spiro atoms. The largest absolute Gasteiger partial charge is 0.451 e. The van der Waals surface area contributed by atoms with Crippen LogP contribution in [0.2, 0.25) is 0 Å². The van der Waals surface area contributed by atoms with Gasteiger partial charge < -0.3 is 4.74 Å². The van der Waals surface area contributed by atoms with Crippen molar-refractivity contribution in [3.8, 4) is 0 Å². The molecule has 2 fully saturated rings. The van der Waals surface area contributed by atoms with Gasteiger partial charge in [0.15, 0.2) is 17.2 Å². The first-order chi connectivity index (χ1) is 14.3. The molecular formula is C24H32O4. The van der Waals surface area contributed by atoms with Gasteiger partial charge in [-0.05, 0) is 80.7 Å². The van der Waals surface area contributed by atoms with E-state index in [0.717, 1.165) is 12.8 Å². The van der Waals surface area contributed by atoms with Crippen molar-refractivity contribution in [1.29, 1.82) is 0 Å². The van der Waals surface area contributed by atoms with Gasteiger partial charge in [0.1, 0.15) is 0 Å². The first-order valence-electron chi connectivity index (χ1n) is 11.9. The van der Waals surface area contributed by atoms with E-state index in [-0.39, 0.29) is 34.7 Å². The molecule has 0 heterocycles. The van der Waals surface area contributed by atoms with Gasteiger partial charge in [-0.3, -0.25) is 14.4 Å². The van der Waals surface area contributed by atoms with E-state index >= 15 is 0 Å². The van der Waals surface area contributed by atoms with E-state index in [0.29, 0.717) is 36.8 Å². The van der Waals surface area contributed by atoms with E-state index < -0.39 is 23.8 Å². The van der Waals surface area contributed by atoms with Crippen LogP contribution in [0.5, 0.6) is 0 Å². The number of rotatable bonds is 2. The normalized spacial score (nSPS) is 46.6. The fraction of sp³-hybridized carbons (Fsp3) is 0.708. The molecule has 0 aromatic heterocycles. The third-order valence-corrected chi connectivity index (χ3v) is 8.62. The Kier molecular flexibility index (Phi) is 3.54. The maximum Gasteiger partial charge on any atom is 0.303 e. The van der Waals surface area contributed by atoms with E-state index in [1.54, 1.807) is 6.08 Å². The van der Waals surface area contributed by atoms with Gasteiger partial charge in [0, 0.05) is 22.9 Å². The van der Waals surface area contributed by atoms with E-state index in [1.807, 2.05) is 13.0 Å². The van der Waals surface area contributed by atoms with Crippen molar-refractivity contribution in [3.05, 3.63) is 23.3 Å². The molecule has 2 saturated carbocycles. The third-order valence-electron chi connectivity index (χ3n) is 8.62. The van der Waals surface area contributed by atoms with Crippen molar-refractivity contribution in [2.75, 3.05) is 0 Å². The molecule has 0 amide bonds. The highest BCUT2D eigenvalue weighted by molar-refractivity contribution is 5.92. The van der Waals surface area contributed by atoms with Gasteiger partial charge in [-0.25, -0.2) is 0 Å². The lowest BCUT2D eigenvalue weighted by atomic mass is 9.47. The van der Waals surface area contributed by atoms with Crippen molar-refractivity contribution in [3.63, 3.8) is 0 Å². The average Bonchev–Trinajstić information content (AvgIpc) is 2.94. The summed E-state index contributed by atoms with van der Waals surface area (Å²) < 4.78 is 30.3. The quantitative estimate of drug-likeness (QED) is 0.651. The van der Waals surface area contributed by atoms with Crippen LogP contribution in [-0.4, -0.2) is 23.1 Å². The highest BCUT2D eigenvalue weighted by Crippen LogP contribution is 2.67. The smallest absolute Gasteiger partial charge is 0.303 e. The molecule has 4 aliphatic carbocycles. The predicted octanol–water partition coefficient (Wildman–Crippen LogP) is 4.58. The number of hydrogen-bond donors (Lipinski definition) is 0. The summed E-state index contributed by atoms with van der Waals surface area (Å²) in [7, 11) is 0. The van der Waals surface area contributed by atoms with Crippen LogP contribution in [0.25, 0.3) is 0 Å². The molecule has 28 heavy (non-hydrogen) atoms. The molecule has 0 saturated heterocycles. The van der Waals surface area contributed by atoms with Crippen molar-refractivity contribution >= 4 is 17.5 Å². The zero-order valence-corrected chi connectivity index (χ0v) is 17.3. The fourth-order valence-corrected chi connectivity index (χ4v) is 7.20. The number of esters is 1. The van der Waals surface area contributed by atoms with Crippen LogP contribution < -0.4 is 0 Å². The van der Waals surface area contributed by atoms with E-state index in [2.05, 4.69) is 6.92 Å². The van der Waals surface area contributed by atoms with Crippen LogP contribution in [0, 0.1) is 28.6 Å². The molecule has 4 heteroatoms. The van der Waals surface area contributed by atoms with E-state index in [4.69, 9.17) is 8.85 Å². The Labute approximate surface area is 172 Å². The lowest BCUT2D eigenvalue weighted by Crippen LogP contribution is -2.58. The molecule has 0 aliphatic heterocycles. The Bertz CT molecular complexity index is 916. The minimum absolute atomic E-state index is 0.00644. The first kappa shape index (κ1) is 16.1. The van der Waals surface area contributed by atoms with Crippen LogP contribution in [0.1, 0.15) is 77.2 Å². The Balaban J connectivity index is 1.86. The van der Waals surface area contributed by atoms with Gasteiger partial charge in [0.05, 0.1) is 0 Å². The highest BCUT2D eigenvalue weighted by Gasteiger charge is 2.67. The lowest BCUT2D eigenvalue weighted by Gasteiger charge is -2.58. The Morgan fingerprint density at radius 1 is 1.14 bits per heavy atom. The van der Waals surface area contributed by atoms with Crippen LogP contribution >= 0.6 is 0 Å². The minimum atomic E-state index is -2.31. The van der Waals surface area contributed by atoms with Crippen LogP contribution in [0.15, 0.2) is 23.3 Å². The molecule has 4 rings (SSSR count). The number of fused-ring (bicyclic) bond motifs is 5. The summed E-state index contributed by atoms with van der Waals surface area (Å²) >= 11 is 0. The topological polar surface area (TPSA) is 60.4 Å². The van der Waals surface area contributed by atoms with Gasteiger partial charge in [-0.15, -0.1) is 0 Å². The van der Waals surface area contributed by atoms with Gasteiger partial charge in [0.25, 0.3) is 0 Å². The number of ketones is 2. The SMILES string of the molecule is [2H]C([2H])([2H])C1=C[C@H]2[C@@H](CC[C@]3(C)[C@@H]2CC[C@@]3(OC(C)=O)C(C)=O)[C@]2(C)CCC(=O)C=C12. The summed E-state index contributed by atoms with van der Waals surface area (Å²) in [5.41, 5.74) is -1.08. The molecule has 0 aromatic carbocycles. The maximum absolute atomic E-state index is 12.8. The van der Waals surface area contributed by atoms with Crippen LogP contribution in [-0.2, 0) is 19.1 Å². The van der Waals surface area contributed by atoms with E-state index in [9.17, 15) is 14.4 Å². The second kappa shape index (κ2) is 6.14. The third kappa shape index (κ3) is 2.39. The minimum Gasteiger partial charge on any atom is -0.451 e. The zero-order valence-electron chi connectivity index (χ0n) is 20.3. The highest BCUT2D eigenvalue weighted by atomic mass is 16.6. The van der Waals surface area contributed by atoms with Crippen molar-refractivity contribution in [1.82, 2.24) is 0 Å². The molecule has 4 nitrogen and oxygen atoms in total. The van der Waals surface area contributed by atoms with Gasteiger partial charge in [-0.1, -0.05) is 25.5 Å². The molecule has 4 aliphatic rings. The standard InChI is InChI=1S/C24H32O4/c1-14-12-18-19(22(4)9-6-17(27)13-21(14)22)7-10-23(5)20(18)8-11-24(23,15(2)25)28-16(3)26/h12-13,18-20H,6-11H2,1-5H3/t18-,19+,20+,22-,23+,24+/m0/s1/i1D3. The number of Topliss-reactive ketones (excluding diaryl/α,β-unsaturated/α-hetero) is 1. The van der Waals surface area contributed by atoms with Crippen molar-refractivity contribution in [2.45, 2.75) is 78.7 Å². The van der Waals surface area contributed by atoms with Gasteiger partial charge in [0.2, 0.25) is 0 Å². The lowest BCUT2D eigenvalue weighted by molar-refractivity contribution is -0.185. The summed E-state index contributed by atoms with van der Waals surface area (Å²) in [4.78, 5) is 37.0. The molecule has 0 unspecified atom stereocenters. The summed E-state index contributed by atoms with van der Waals surface area (Å²) in [5.74, 6) is -0.366. The number of ether oxygens (including phenoxy) is 1. The van der Waals surface area contributed by atoms with Crippen LogP contribution in [0.4, 0.5) is 0 Å². The second-order valence-electron chi connectivity index (χ2n) is 9.78.